The van der Waals surface area contributed by atoms with Gasteiger partial charge in [-0.25, -0.2) is 0 Å². The molecule has 1 aliphatic rings. The van der Waals surface area contributed by atoms with Crippen LogP contribution in [0, 0.1) is 22.2 Å². The SMILES string of the molecule is CCC(C)(C)C1c2ccccc2CC(C)(C)C1C(C)(C)C. The molecule has 0 heterocycles. The highest BCUT2D eigenvalue weighted by Crippen LogP contribution is 2.60. The number of benzene rings is 1. The molecule has 0 radical (unpaired) electrons. The maximum absolute atomic E-state index is 2.48. The Morgan fingerprint density at radius 3 is 2.14 bits per heavy atom. The first-order valence-corrected chi connectivity index (χ1v) is 8.58. The number of rotatable bonds is 2. The van der Waals surface area contributed by atoms with Crippen LogP contribution in [0.1, 0.15) is 78.9 Å². The van der Waals surface area contributed by atoms with Crippen LogP contribution in [0.3, 0.4) is 0 Å². The fourth-order valence-electron chi connectivity index (χ4n) is 4.99. The summed E-state index contributed by atoms with van der Waals surface area (Å²) in [5.41, 5.74) is 4.21. The smallest absolute Gasteiger partial charge is 0.00695 e. The summed E-state index contributed by atoms with van der Waals surface area (Å²) in [6.45, 7) is 19.6. The lowest BCUT2D eigenvalue weighted by atomic mass is 9.48. The van der Waals surface area contributed by atoms with Gasteiger partial charge in [-0.15, -0.1) is 0 Å². The summed E-state index contributed by atoms with van der Waals surface area (Å²) in [7, 11) is 0. The molecule has 2 rings (SSSR count). The molecule has 0 nitrogen and oxygen atoms in total. The minimum atomic E-state index is 0.328. The summed E-state index contributed by atoms with van der Waals surface area (Å²) in [4.78, 5) is 0. The lowest BCUT2D eigenvalue weighted by Gasteiger charge is -2.56. The maximum atomic E-state index is 2.48. The van der Waals surface area contributed by atoms with E-state index in [0.29, 0.717) is 28.1 Å². The standard InChI is InChI=1S/C21H34/c1-9-20(5,6)17-16-13-11-10-12-15(16)14-21(7,8)18(17)19(2,3)4/h10-13,17-18H,9,14H2,1-8H3. The molecule has 0 saturated carbocycles. The van der Waals surface area contributed by atoms with E-state index in [9.17, 15) is 0 Å². The van der Waals surface area contributed by atoms with Gasteiger partial charge in [-0.05, 0) is 45.6 Å². The van der Waals surface area contributed by atoms with E-state index >= 15 is 0 Å². The highest BCUT2D eigenvalue weighted by molar-refractivity contribution is 5.37. The summed E-state index contributed by atoms with van der Waals surface area (Å²) in [5, 5.41) is 0. The fraction of sp³-hybridized carbons (Fsp3) is 0.714. The lowest BCUT2D eigenvalue weighted by molar-refractivity contribution is 0.00263. The second kappa shape index (κ2) is 5.14. The van der Waals surface area contributed by atoms with E-state index in [4.69, 9.17) is 0 Å². The van der Waals surface area contributed by atoms with Crippen molar-refractivity contribution in [2.75, 3.05) is 0 Å². The molecule has 1 aliphatic carbocycles. The molecule has 2 unspecified atom stereocenters. The van der Waals surface area contributed by atoms with E-state index in [1.807, 2.05) is 0 Å². The first-order chi connectivity index (χ1) is 9.50. The van der Waals surface area contributed by atoms with E-state index < -0.39 is 0 Å². The monoisotopic (exact) mass is 286 g/mol. The molecule has 118 valence electrons. The first kappa shape index (κ1) is 16.6. The first-order valence-electron chi connectivity index (χ1n) is 8.58. The molecule has 1 aromatic carbocycles. The van der Waals surface area contributed by atoms with Crippen molar-refractivity contribution in [1.82, 2.24) is 0 Å². The van der Waals surface area contributed by atoms with Crippen LogP contribution in [-0.2, 0) is 6.42 Å². The van der Waals surface area contributed by atoms with Crippen molar-refractivity contribution in [2.45, 2.75) is 74.1 Å². The van der Waals surface area contributed by atoms with Crippen molar-refractivity contribution in [3.8, 4) is 0 Å². The summed E-state index contributed by atoms with van der Waals surface area (Å²) < 4.78 is 0. The predicted molar refractivity (Wildman–Crippen MR) is 93.7 cm³/mol. The van der Waals surface area contributed by atoms with Crippen LogP contribution in [0.4, 0.5) is 0 Å². The van der Waals surface area contributed by atoms with Crippen LogP contribution in [-0.4, -0.2) is 0 Å². The van der Waals surface area contributed by atoms with Crippen LogP contribution in [0.25, 0.3) is 0 Å². The van der Waals surface area contributed by atoms with Gasteiger partial charge in [0.25, 0.3) is 0 Å². The zero-order chi connectivity index (χ0) is 16.1. The number of hydrogen-bond donors (Lipinski definition) is 0. The van der Waals surface area contributed by atoms with Crippen molar-refractivity contribution >= 4 is 0 Å². The van der Waals surface area contributed by atoms with Crippen molar-refractivity contribution in [2.24, 2.45) is 22.2 Å². The largest absolute Gasteiger partial charge is 0.0649 e. The second-order valence-corrected chi connectivity index (χ2v) is 9.53. The zero-order valence-corrected chi connectivity index (χ0v) is 15.4. The Morgan fingerprint density at radius 1 is 1.05 bits per heavy atom. The van der Waals surface area contributed by atoms with Crippen LogP contribution in [0.15, 0.2) is 24.3 Å². The third-order valence-corrected chi connectivity index (χ3v) is 5.90. The van der Waals surface area contributed by atoms with Gasteiger partial charge >= 0.3 is 0 Å². The van der Waals surface area contributed by atoms with Crippen LogP contribution in [0.2, 0.25) is 0 Å². The van der Waals surface area contributed by atoms with Gasteiger partial charge in [0.05, 0.1) is 0 Å². The number of hydrogen-bond acceptors (Lipinski definition) is 0. The van der Waals surface area contributed by atoms with E-state index in [-0.39, 0.29) is 0 Å². The normalized spacial score (nSPS) is 25.5. The predicted octanol–water partition coefficient (Wildman–Crippen LogP) is 6.45. The van der Waals surface area contributed by atoms with E-state index in [1.165, 1.54) is 12.8 Å². The van der Waals surface area contributed by atoms with Gasteiger partial charge in [0.1, 0.15) is 0 Å². The lowest BCUT2D eigenvalue weighted by Crippen LogP contribution is -2.48. The molecule has 2 atom stereocenters. The third kappa shape index (κ3) is 2.91. The summed E-state index contributed by atoms with van der Waals surface area (Å²) in [5.74, 6) is 1.34. The molecule has 0 N–H and O–H groups in total. The Kier molecular flexibility index (Phi) is 4.06. The van der Waals surface area contributed by atoms with Gasteiger partial charge in [-0.1, -0.05) is 86.1 Å². The molecule has 0 amide bonds. The van der Waals surface area contributed by atoms with Gasteiger partial charge in [0.15, 0.2) is 0 Å². The molecular formula is C21H34. The van der Waals surface area contributed by atoms with Crippen LogP contribution < -0.4 is 0 Å². The molecule has 1 aromatic rings. The Labute approximate surface area is 132 Å². The summed E-state index contributed by atoms with van der Waals surface area (Å²) in [6, 6.07) is 9.19. The molecule has 0 spiro atoms. The molecule has 0 aliphatic heterocycles. The van der Waals surface area contributed by atoms with E-state index in [0.717, 1.165) is 0 Å². The van der Waals surface area contributed by atoms with Gasteiger partial charge in [-0.2, -0.15) is 0 Å². The average molecular weight is 287 g/mol. The topological polar surface area (TPSA) is 0 Å². The molecule has 0 fully saturated rings. The zero-order valence-electron chi connectivity index (χ0n) is 15.4. The van der Waals surface area contributed by atoms with Crippen LogP contribution >= 0.6 is 0 Å². The molecule has 0 aromatic heterocycles. The average Bonchev–Trinajstić information content (AvgIpc) is 2.34. The second-order valence-electron chi connectivity index (χ2n) is 9.53. The summed E-state index contributed by atoms with van der Waals surface area (Å²) >= 11 is 0. The van der Waals surface area contributed by atoms with Crippen LogP contribution in [0.5, 0.6) is 0 Å². The molecule has 0 bridgehead atoms. The van der Waals surface area contributed by atoms with Crippen molar-refractivity contribution < 1.29 is 0 Å². The Balaban J connectivity index is 2.68. The van der Waals surface area contributed by atoms with Gasteiger partial charge in [-0.3, -0.25) is 0 Å². The molecule has 21 heavy (non-hydrogen) atoms. The highest BCUT2D eigenvalue weighted by Gasteiger charge is 2.51. The van der Waals surface area contributed by atoms with Gasteiger partial charge < -0.3 is 0 Å². The minimum absolute atomic E-state index is 0.328. The highest BCUT2D eigenvalue weighted by atomic mass is 14.6. The van der Waals surface area contributed by atoms with Gasteiger partial charge in [0.2, 0.25) is 0 Å². The minimum Gasteiger partial charge on any atom is -0.0649 e. The quantitative estimate of drug-likeness (QED) is 0.586. The van der Waals surface area contributed by atoms with Gasteiger partial charge in [0, 0.05) is 0 Å². The van der Waals surface area contributed by atoms with E-state index in [1.54, 1.807) is 11.1 Å². The van der Waals surface area contributed by atoms with Crippen molar-refractivity contribution in [3.63, 3.8) is 0 Å². The molecule has 0 heteroatoms. The fourth-order valence-corrected chi connectivity index (χ4v) is 4.99. The summed E-state index contributed by atoms with van der Waals surface area (Å²) in [6.07, 6.45) is 2.44. The van der Waals surface area contributed by atoms with E-state index in [2.05, 4.69) is 79.7 Å². The number of fused-ring (bicyclic) bond motifs is 1. The Bertz CT molecular complexity index is 499. The molecule has 0 saturated heterocycles. The molecular weight excluding hydrogens is 252 g/mol. The third-order valence-electron chi connectivity index (χ3n) is 5.90. The van der Waals surface area contributed by atoms with Crippen molar-refractivity contribution in [1.29, 1.82) is 0 Å². The Morgan fingerprint density at radius 2 is 1.62 bits per heavy atom. The maximum Gasteiger partial charge on any atom is -0.00695 e. The van der Waals surface area contributed by atoms with Crippen molar-refractivity contribution in [3.05, 3.63) is 35.4 Å². The Hall–Kier alpha value is -0.780.